The lowest BCUT2D eigenvalue weighted by molar-refractivity contribution is 0.257. The van der Waals surface area contributed by atoms with E-state index in [9.17, 15) is 4.79 Å². The maximum absolute atomic E-state index is 12.9. The highest BCUT2D eigenvalue weighted by Gasteiger charge is 2.31. The van der Waals surface area contributed by atoms with E-state index in [-0.39, 0.29) is 5.56 Å². The molecule has 1 aromatic carbocycles. The minimum atomic E-state index is 0.179. The fraction of sp³-hybridized carbons (Fsp3) is 0.389. The number of piperidine rings is 1. The number of nitrogens with one attached hydrogen (secondary N) is 1. The Labute approximate surface area is 124 Å². The van der Waals surface area contributed by atoms with E-state index < -0.39 is 0 Å². The minimum absolute atomic E-state index is 0.179. The SMILES string of the molecule is Cc1ccccc1-c1ccc2n(c1=O)CC1CNCC2C1. The zero-order chi connectivity index (χ0) is 14.4. The molecule has 0 spiro atoms. The van der Waals surface area contributed by atoms with E-state index in [1.54, 1.807) is 0 Å². The van der Waals surface area contributed by atoms with Gasteiger partial charge in [0.1, 0.15) is 0 Å². The molecule has 0 amide bonds. The largest absolute Gasteiger partial charge is 0.316 e. The Bertz CT molecular complexity index is 747. The topological polar surface area (TPSA) is 34.0 Å². The van der Waals surface area contributed by atoms with E-state index in [1.165, 1.54) is 12.1 Å². The van der Waals surface area contributed by atoms with Crippen molar-refractivity contribution < 1.29 is 0 Å². The monoisotopic (exact) mass is 280 g/mol. The third kappa shape index (κ3) is 2.04. The molecule has 2 aromatic rings. The van der Waals surface area contributed by atoms with Crippen molar-refractivity contribution in [1.82, 2.24) is 9.88 Å². The Balaban J connectivity index is 1.88. The van der Waals surface area contributed by atoms with E-state index in [4.69, 9.17) is 0 Å². The van der Waals surface area contributed by atoms with Crippen molar-refractivity contribution in [1.29, 1.82) is 0 Å². The maximum atomic E-state index is 12.9. The molecule has 1 N–H and O–H groups in total. The Morgan fingerprint density at radius 1 is 1.10 bits per heavy atom. The van der Waals surface area contributed by atoms with E-state index in [0.717, 1.165) is 36.3 Å². The fourth-order valence-electron chi connectivity index (χ4n) is 3.87. The van der Waals surface area contributed by atoms with E-state index in [2.05, 4.69) is 24.4 Å². The lowest BCUT2D eigenvalue weighted by Crippen LogP contribution is -2.45. The molecule has 0 radical (unpaired) electrons. The second kappa shape index (κ2) is 4.85. The number of nitrogens with zero attached hydrogens (tertiary/aromatic N) is 1. The highest BCUT2D eigenvalue weighted by atomic mass is 16.1. The van der Waals surface area contributed by atoms with Crippen LogP contribution in [0.3, 0.4) is 0 Å². The summed E-state index contributed by atoms with van der Waals surface area (Å²) in [6.45, 7) is 4.96. The first-order valence-electron chi connectivity index (χ1n) is 7.74. The molecule has 0 saturated carbocycles. The van der Waals surface area contributed by atoms with Crippen molar-refractivity contribution in [3.05, 3.63) is 58.0 Å². The van der Waals surface area contributed by atoms with Crippen molar-refractivity contribution in [2.45, 2.75) is 25.8 Å². The Morgan fingerprint density at radius 2 is 1.95 bits per heavy atom. The number of fused-ring (bicyclic) bond motifs is 4. The van der Waals surface area contributed by atoms with Gasteiger partial charge in [-0.15, -0.1) is 0 Å². The molecular formula is C18H20N2O. The van der Waals surface area contributed by atoms with Gasteiger partial charge in [0.2, 0.25) is 0 Å². The zero-order valence-corrected chi connectivity index (χ0v) is 12.3. The summed E-state index contributed by atoms with van der Waals surface area (Å²) in [5.74, 6) is 1.09. The predicted octanol–water partition coefficient (Wildman–Crippen LogP) is 2.53. The predicted molar refractivity (Wildman–Crippen MR) is 84.6 cm³/mol. The summed E-state index contributed by atoms with van der Waals surface area (Å²) in [4.78, 5) is 12.9. The minimum Gasteiger partial charge on any atom is -0.316 e. The van der Waals surface area contributed by atoms with Crippen molar-refractivity contribution in [3.63, 3.8) is 0 Å². The molecule has 1 saturated heterocycles. The Hall–Kier alpha value is -1.87. The van der Waals surface area contributed by atoms with E-state index in [0.29, 0.717) is 11.8 Å². The van der Waals surface area contributed by atoms with Crippen LogP contribution in [0.25, 0.3) is 11.1 Å². The summed E-state index contributed by atoms with van der Waals surface area (Å²) in [5.41, 5.74) is 4.45. The van der Waals surface area contributed by atoms with Crippen molar-refractivity contribution in [2.24, 2.45) is 5.92 Å². The van der Waals surface area contributed by atoms with Gasteiger partial charge in [0.05, 0.1) is 0 Å². The van der Waals surface area contributed by atoms with Crippen LogP contribution in [-0.2, 0) is 6.54 Å². The molecule has 3 nitrogen and oxygen atoms in total. The average Bonchev–Trinajstić information content (AvgIpc) is 2.50. The molecule has 2 unspecified atom stereocenters. The normalized spacial score (nSPS) is 23.7. The maximum Gasteiger partial charge on any atom is 0.258 e. The summed E-state index contributed by atoms with van der Waals surface area (Å²) in [6.07, 6.45) is 1.22. The van der Waals surface area contributed by atoms with Crippen LogP contribution in [0.5, 0.6) is 0 Å². The van der Waals surface area contributed by atoms with Crippen molar-refractivity contribution in [2.75, 3.05) is 13.1 Å². The summed E-state index contributed by atoms with van der Waals surface area (Å²) >= 11 is 0. The number of pyridine rings is 1. The number of hydrogen-bond acceptors (Lipinski definition) is 2. The summed E-state index contributed by atoms with van der Waals surface area (Å²) in [6, 6.07) is 12.3. The van der Waals surface area contributed by atoms with Crippen LogP contribution in [0.15, 0.2) is 41.2 Å². The van der Waals surface area contributed by atoms with Gasteiger partial charge in [0.15, 0.2) is 0 Å². The van der Waals surface area contributed by atoms with Crippen LogP contribution in [0, 0.1) is 12.8 Å². The van der Waals surface area contributed by atoms with Crippen LogP contribution in [0.1, 0.15) is 23.6 Å². The Kier molecular flexibility index (Phi) is 2.96. The highest BCUT2D eigenvalue weighted by molar-refractivity contribution is 5.66. The first-order valence-corrected chi connectivity index (χ1v) is 7.74. The van der Waals surface area contributed by atoms with E-state index >= 15 is 0 Å². The molecule has 3 heteroatoms. The molecule has 108 valence electrons. The molecular weight excluding hydrogens is 260 g/mol. The van der Waals surface area contributed by atoms with Gasteiger partial charge in [-0.1, -0.05) is 24.3 Å². The standard InChI is InChI=1S/C18H20N2O/c1-12-4-2-3-5-15(12)16-6-7-17-14-8-13(9-19-10-14)11-20(17)18(16)21/h2-7,13-14,19H,8-11H2,1H3. The first-order chi connectivity index (χ1) is 10.2. The molecule has 2 bridgehead atoms. The van der Waals surface area contributed by atoms with Gasteiger partial charge in [-0.25, -0.2) is 0 Å². The molecule has 1 fully saturated rings. The highest BCUT2D eigenvalue weighted by Crippen LogP contribution is 2.32. The smallest absolute Gasteiger partial charge is 0.258 e. The third-order valence-electron chi connectivity index (χ3n) is 4.94. The molecule has 2 aliphatic rings. The van der Waals surface area contributed by atoms with E-state index in [1.807, 2.05) is 28.8 Å². The van der Waals surface area contributed by atoms with Crippen LogP contribution in [-0.4, -0.2) is 17.7 Å². The van der Waals surface area contributed by atoms with Gasteiger partial charge >= 0.3 is 0 Å². The van der Waals surface area contributed by atoms with Gasteiger partial charge in [0.25, 0.3) is 5.56 Å². The number of hydrogen-bond donors (Lipinski definition) is 1. The molecule has 1 aromatic heterocycles. The summed E-state index contributed by atoms with van der Waals surface area (Å²) in [7, 11) is 0. The van der Waals surface area contributed by atoms with Gasteiger partial charge in [-0.3, -0.25) is 4.79 Å². The van der Waals surface area contributed by atoms with Crippen LogP contribution < -0.4 is 10.9 Å². The first kappa shape index (κ1) is 12.8. The lowest BCUT2D eigenvalue weighted by atomic mass is 9.84. The number of aromatic nitrogens is 1. The molecule has 0 aliphatic carbocycles. The number of benzene rings is 1. The van der Waals surface area contributed by atoms with Gasteiger partial charge in [-0.05, 0) is 49.1 Å². The summed E-state index contributed by atoms with van der Waals surface area (Å²) in [5, 5.41) is 3.49. The Morgan fingerprint density at radius 3 is 2.81 bits per heavy atom. The summed E-state index contributed by atoms with van der Waals surface area (Å²) < 4.78 is 2.03. The van der Waals surface area contributed by atoms with Crippen LogP contribution in [0.4, 0.5) is 0 Å². The third-order valence-corrected chi connectivity index (χ3v) is 4.94. The van der Waals surface area contributed by atoms with Crippen LogP contribution >= 0.6 is 0 Å². The lowest BCUT2D eigenvalue weighted by Gasteiger charge is -2.37. The fourth-order valence-corrected chi connectivity index (χ4v) is 3.87. The second-order valence-corrected chi connectivity index (χ2v) is 6.36. The molecule has 4 rings (SSSR count). The zero-order valence-electron chi connectivity index (χ0n) is 12.3. The number of aryl methyl sites for hydroxylation is 1. The van der Waals surface area contributed by atoms with Gasteiger partial charge in [0, 0.05) is 30.3 Å². The second-order valence-electron chi connectivity index (χ2n) is 6.36. The molecule has 3 heterocycles. The van der Waals surface area contributed by atoms with Gasteiger partial charge in [-0.2, -0.15) is 0 Å². The average molecular weight is 280 g/mol. The van der Waals surface area contributed by atoms with Crippen molar-refractivity contribution in [3.8, 4) is 11.1 Å². The van der Waals surface area contributed by atoms with Crippen LogP contribution in [0.2, 0.25) is 0 Å². The van der Waals surface area contributed by atoms with Crippen molar-refractivity contribution >= 4 is 0 Å². The quantitative estimate of drug-likeness (QED) is 0.871. The van der Waals surface area contributed by atoms with Gasteiger partial charge < -0.3 is 9.88 Å². The molecule has 21 heavy (non-hydrogen) atoms. The number of rotatable bonds is 1. The molecule has 2 aliphatic heterocycles. The molecule has 2 atom stereocenters.